The molecule has 3 aromatic rings. The van der Waals surface area contributed by atoms with Gasteiger partial charge in [-0.15, -0.1) is 13.2 Å². The Morgan fingerprint density at radius 1 is 1.15 bits per heavy atom. The Morgan fingerprint density at radius 3 is 2.45 bits per heavy atom. The molecule has 2 aromatic heterocycles. The quantitative estimate of drug-likeness (QED) is 0.602. The second-order valence-corrected chi connectivity index (χ2v) is 7.53. The van der Waals surface area contributed by atoms with E-state index in [1.54, 1.807) is 25.4 Å². The fourth-order valence-corrected chi connectivity index (χ4v) is 3.46. The number of aromatic nitrogens is 3. The molecule has 0 unspecified atom stereocenters. The molecule has 11 heteroatoms. The van der Waals surface area contributed by atoms with Crippen LogP contribution >= 0.6 is 0 Å². The lowest BCUT2D eigenvalue weighted by molar-refractivity contribution is -0.274. The maximum atomic E-state index is 12.8. The van der Waals surface area contributed by atoms with Crippen LogP contribution in [0.25, 0.3) is 11.1 Å². The largest absolute Gasteiger partial charge is 0.573 e. The van der Waals surface area contributed by atoms with Gasteiger partial charge in [0, 0.05) is 48.5 Å². The van der Waals surface area contributed by atoms with Crippen molar-refractivity contribution in [1.29, 1.82) is 0 Å². The van der Waals surface area contributed by atoms with Gasteiger partial charge >= 0.3 is 6.36 Å². The summed E-state index contributed by atoms with van der Waals surface area (Å²) in [6.07, 6.45) is 0.0461. The van der Waals surface area contributed by atoms with Gasteiger partial charge in [-0.05, 0) is 43.7 Å². The van der Waals surface area contributed by atoms with E-state index in [0.29, 0.717) is 48.0 Å². The molecular formula is C22H20F3N5O3. The number of hydrogen-bond donors (Lipinski definition) is 2. The number of carbonyl (C=O) groups is 1. The highest BCUT2D eigenvalue weighted by molar-refractivity contribution is 6.05. The molecule has 3 heterocycles. The third kappa shape index (κ3) is 5.55. The predicted molar refractivity (Wildman–Crippen MR) is 114 cm³/mol. The Balaban J connectivity index is 1.59. The van der Waals surface area contributed by atoms with Gasteiger partial charge in [0.2, 0.25) is 0 Å². The van der Waals surface area contributed by atoms with Crippen LogP contribution in [0.15, 0.2) is 48.9 Å². The third-order valence-corrected chi connectivity index (χ3v) is 5.03. The van der Waals surface area contributed by atoms with Crippen molar-refractivity contribution in [3.63, 3.8) is 0 Å². The van der Waals surface area contributed by atoms with E-state index < -0.39 is 18.4 Å². The maximum absolute atomic E-state index is 12.8. The van der Waals surface area contributed by atoms with Crippen molar-refractivity contribution < 1.29 is 27.8 Å². The number of rotatable bonds is 5. The molecule has 1 fully saturated rings. The first kappa shape index (κ1) is 22.5. The summed E-state index contributed by atoms with van der Waals surface area (Å²) in [6, 6.07) is 6.48. The highest BCUT2D eigenvalue weighted by Crippen LogP contribution is 2.32. The molecule has 8 nitrogen and oxygen atoms in total. The summed E-state index contributed by atoms with van der Waals surface area (Å²) in [6.45, 7) is 2.80. The normalized spacial score (nSPS) is 16.0. The minimum absolute atomic E-state index is 0.240. The molecule has 1 amide bonds. The van der Waals surface area contributed by atoms with Crippen LogP contribution in [0.4, 0.5) is 24.7 Å². The highest BCUT2D eigenvalue weighted by Gasteiger charge is 2.31. The lowest BCUT2D eigenvalue weighted by Crippen LogP contribution is -2.23. The van der Waals surface area contributed by atoms with Crippen LogP contribution in [0.3, 0.4) is 0 Å². The predicted octanol–water partition coefficient (Wildman–Crippen LogP) is 3.57. The highest BCUT2D eigenvalue weighted by atomic mass is 19.4. The van der Waals surface area contributed by atoms with E-state index >= 15 is 0 Å². The summed E-state index contributed by atoms with van der Waals surface area (Å²) in [5, 5.41) is 12.5. The van der Waals surface area contributed by atoms with E-state index in [4.69, 9.17) is 0 Å². The fraction of sp³-hybridized carbons (Fsp3) is 0.273. The number of nitrogens with zero attached hydrogens (tertiary/aromatic N) is 4. The molecule has 1 saturated heterocycles. The molecule has 1 aromatic carbocycles. The van der Waals surface area contributed by atoms with Gasteiger partial charge in [0.25, 0.3) is 5.91 Å². The summed E-state index contributed by atoms with van der Waals surface area (Å²) in [7, 11) is 0. The number of aryl methyl sites for hydroxylation is 1. The molecule has 0 saturated carbocycles. The van der Waals surface area contributed by atoms with Crippen LogP contribution in [0.2, 0.25) is 0 Å². The van der Waals surface area contributed by atoms with Gasteiger partial charge in [-0.25, -0.2) is 15.0 Å². The number of alkyl halides is 3. The lowest BCUT2D eigenvalue weighted by atomic mass is 10.1. The van der Waals surface area contributed by atoms with Crippen LogP contribution in [-0.2, 0) is 0 Å². The van der Waals surface area contributed by atoms with E-state index in [2.05, 4.69) is 25.0 Å². The van der Waals surface area contributed by atoms with E-state index in [1.165, 1.54) is 18.3 Å². The Kier molecular flexibility index (Phi) is 6.14. The molecule has 1 atom stereocenters. The number of ether oxygens (including phenoxy) is 1. The van der Waals surface area contributed by atoms with Gasteiger partial charge in [0.05, 0.1) is 11.7 Å². The Hall–Kier alpha value is -3.73. The van der Waals surface area contributed by atoms with Gasteiger partial charge < -0.3 is 20.1 Å². The van der Waals surface area contributed by atoms with Crippen molar-refractivity contribution in [3.05, 3.63) is 60.3 Å². The number of anilines is 2. The first-order valence-corrected chi connectivity index (χ1v) is 10.1. The summed E-state index contributed by atoms with van der Waals surface area (Å²) in [4.78, 5) is 27.6. The topological polar surface area (TPSA) is 100 Å². The van der Waals surface area contributed by atoms with E-state index in [9.17, 15) is 23.1 Å². The van der Waals surface area contributed by atoms with Crippen LogP contribution in [-0.4, -0.2) is 51.5 Å². The number of hydrogen-bond acceptors (Lipinski definition) is 7. The number of halogens is 3. The summed E-state index contributed by atoms with van der Waals surface area (Å²) in [5.74, 6) is 0.316. The molecule has 33 heavy (non-hydrogen) atoms. The molecule has 2 N–H and O–H groups in total. The van der Waals surface area contributed by atoms with Crippen LogP contribution < -0.4 is 15.0 Å². The second-order valence-electron chi connectivity index (χ2n) is 7.53. The average Bonchev–Trinajstić information content (AvgIpc) is 3.20. The van der Waals surface area contributed by atoms with Crippen molar-refractivity contribution in [2.24, 2.45) is 0 Å². The number of nitrogens with one attached hydrogen (secondary N) is 1. The van der Waals surface area contributed by atoms with E-state index in [0.717, 1.165) is 12.1 Å². The average molecular weight is 459 g/mol. The van der Waals surface area contributed by atoms with Crippen LogP contribution in [0.1, 0.15) is 22.6 Å². The minimum Gasteiger partial charge on any atom is -0.406 e. The molecular weight excluding hydrogens is 439 g/mol. The smallest absolute Gasteiger partial charge is 0.406 e. The summed E-state index contributed by atoms with van der Waals surface area (Å²) >= 11 is 0. The maximum Gasteiger partial charge on any atom is 0.573 e. The summed E-state index contributed by atoms with van der Waals surface area (Å²) < 4.78 is 40.8. The minimum atomic E-state index is -4.79. The van der Waals surface area contributed by atoms with Gasteiger partial charge in [-0.2, -0.15) is 0 Å². The lowest BCUT2D eigenvalue weighted by Gasteiger charge is -2.21. The molecule has 1 aliphatic heterocycles. The number of aliphatic hydroxyl groups excluding tert-OH is 1. The van der Waals surface area contributed by atoms with Crippen molar-refractivity contribution >= 4 is 17.4 Å². The Bertz CT molecular complexity index is 1140. The zero-order valence-electron chi connectivity index (χ0n) is 17.5. The Labute approximate surface area is 187 Å². The molecule has 0 bridgehead atoms. The van der Waals surface area contributed by atoms with Gasteiger partial charge in [-0.3, -0.25) is 4.79 Å². The number of β-amino-alcohol motifs (C(OH)–C–C–N with tert-alkyl or cyclic N) is 1. The molecule has 0 aliphatic carbocycles. The zero-order valence-corrected chi connectivity index (χ0v) is 17.5. The first-order chi connectivity index (χ1) is 15.7. The molecule has 0 spiro atoms. The Morgan fingerprint density at radius 2 is 1.85 bits per heavy atom. The summed E-state index contributed by atoms with van der Waals surface area (Å²) in [5.41, 5.74) is 1.82. The standard InChI is InChI=1S/C22H20F3N5O3/c1-13-26-10-15(11-27-13)19-8-14(9-28-20(19)30-7-6-17(31)12-30)21(32)29-16-2-4-18(5-3-16)33-22(23,24)25/h2-5,8-11,17,31H,6-7,12H2,1H3,(H,29,32)/t17-/m1/s1. The van der Waals surface area contributed by atoms with Gasteiger partial charge in [0.1, 0.15) is 17.4 Å². The molecule has 0 radical (unpaired) electrons. The van der Waals surface area contributed by atoms with Gasteiger partial charge in [0.15, 0.2) is 0 Å². The number of amides is 1. The van der Waals surface area contributed by atoms with Crippen molar-refractivity contribution in [1.82, 2.24) is 15.0 Å². The van der Waals surface area contributed by atoms with Crippen LogP contribution in [0, 0.1) is 6.92 Å². The van der Waals surface area contributed by atoms with E-state index in [-0.39, 0.29) is 11.3 Å². The van der Waals surface area contributed by atoms with Crippen molar-refractivity contribution in [2.75, 3.05) is 23.3 Å². The molecule has 1 aliphatic rings. The third-order valence-electron chi connectivity index (χ3n) is 5.03. The van der Waals surface area contributed by atoms with E-state index in [1.807, 2.05) is 4.90 Å². The number of carbonyl (C=O) groups excluding carboxylic acids is 1. The zero-order chi connectivity index (χ0) is 23.6. The van der Waals surface area contributed by atoms with Crippen molar-refractivity contribution in [2.45, 2.75) is 25.8 Å². The number of aliphatic hydroxyl groups is 1. The van der Waals surface area contributed by atoms with Gasteiger partial charge in [-0.1, -0.05) is 0 Å². The molecule has 4 rings (SSSR count). The second kappa shape index (κ2) is 9.02. The van der Waals surface area contributed by atoms with Crippen LogP contribution in [0.5, 0.6) is 5.75 Å². The fourth-order valence-electron chi connectivity index (χ4n) is 3.46. The monoisotopic (exact) mass is 459 g/mol. The SMILES string of the molecule is Cc1ncc(-c2cc(C(=O)Nc3ccc(OC(F)(F)F)cc3)cnc2N2CC[C@@H](O)C2)cn1. The first-order valence-electron chi connectivity index (χ1n) is 10.1. The number of pyridine rings is 1. The number of benzene rings is 1. The van der Waals surface area contributed by atoms with Crippen molar-refractivity contribution in [3.8, 4) is 16.9 Å². The molecule has 172 valence electrons.